The van der Waals surface area contributed by atoms with Crippen molar-refractivity contribution in [2.45, 2.75) is 60.3 Å². The SMILES string of the molecule is CCn1nc(C)cc1C(=O)Nc1nc2cc(C=O)cc3c2n1C/C=C/Cn1c(NC(=O)c2cc(C)nn2CC)nc2cc(C(=O)NCC(=O)O)cc(c21)OCCCO3. The molecule has 2 aromatic carbocycles. The zero-order valence-electron chi connectivity index (χ0n) is 32.2. The molecule has 19 nitrogen and oxygen atoms in total. The number of aldehydes is 1. The number of aryl methyl sites for hydroxylation is 4. The molecule has 1 aliphatic heterocycles. The molecular weight excluding hydrogens is 750 g/mol. The molecule has 0 unspecified atom stereocenters. The van der Waals surface area contributed by atoms with Gasteiger partial charge in [-0.15, -0.1) is 0 Å². The summed E-state index contributed by atoms with van der Waals surface area (Å²) >= 11 is 0. The molecule has 0 aliphatic carbocycles. The van der Waals surface area contributed by atoms with Gasteiger partial charge in [0.05, 0.1) is 35.6 Å². The van der Waals surface area contributed by atoms with Gasteiger partial charge in [0.2, 0.25) is 11.9 Å². The van der Waals surface area contributed by atoms with Crippen molar-refractivity contribution in [1.82, 2.24) is 44.0 Å². The van der Waals surface area contributed by atoms with E-state index in [1.54, 1.807) is 56.6 Å². The molecule has 19 heteroatoms. The highest BCUT2D eigenvalue weighted by Gasteiger charge is 2.24. The van der Waals surface area contributed by atoms with Gasteiger partial charge in [-0.05, 0) is 64.1 Å². The van der Waals surface area contributed by atoms with Crippen molar-refractivity contribution in [3.8, 4) is 11.5 Å². The van der Waals surface area contributed by atoms with E-state index >= 15 is 0 Å². The topological polar surface area (TPSA) is 231 Å². The summed E-state index contributed by atoms with van der Waals surface area (Å²) < 4.78 is 19.2. The molecule has 0 bridgehead atoms. The number of carbonyl (C=O) groups is 5. The maximum absolute atomic E-state index is 13.7. The Morgan fingerprint density at radius 2 is 1.26 bits per heavy atom. The van der Waals surface area contributed by atoms with Crippen molar-refractivity contribution >= 4 is 63.9 Å². The highest BCUT2D eigenvalue weighted by Crippen LogP contribution is 2.33. The number of allylic oxidation sites excluding steroid dienone is 2. The zero-order chi connectivity index (χ0) is 41.1. The van der Waals surface area contributed by atoms with E-state index in [4.69, 9.17) is 24.5 Å². The lowest BCUT2D eigenvalue weighted by Crippen LogP contribution is -2.29. The van der Waals surface area contributed by atoms with Crippen LogP contribution in [0.1, 0.15) is 73.3 Å². The van der Waals surface area contributed by atoms with Crippen LogP contribution in [-0.4, -0.2) is 93.5 Å². The molecule has 0 fully saturated rings. The fourth-order valence-electron chi connectivity index (χ4n) is 6.76. The molecule has 300 valence electrons. The molecule has 0 saturated carbocycles. The standard InChI is InChI=1S/C39H41N11O8/c1-5-49-28(14-22(3)45-49)36(55)43-38-41-26-16-24(21-51)17-30-33(26)47(38)10-7-8-11-48-34-27(42-39(48)44-37(56)29-15-23(4)46-50(29)6-2)18-25(35(54)40-20-32(52)53)19-31(34)58-13-9-12-57-30/h7-8,14-19,21H,5-6,9-13,20H2,1-4H3,(H,40,54)(H,52,53)(H,41,43,55)(H,42,44,56)/b8-7+. The van der Waals surface area contributed by atoms with Gasteiger partial charge >= 0.3 is 5.97 Å². The van der Waals surface area contributed by atoms with Gasteiger partial charge in [-0.25, -0.2) is 9.97 Å². The summed E-state index contributed by atoms with van der Waals surface area (Å²) in [5.74, 6) is -1.75. The molecule has 0 radical (unpaired) electrons. The van der Waals surface area contributed by atoms with Crippen LogP contribution in [0.25, 0.3) is 22.1 Å². The monoisotopic (exact) mass is 791 g/mol. The molecule has 58 heavy (non-hydrogen) atoms. The van der Waals surface area contributed by atoms with Gasteiger partial charge in [0.1, 0.15) is 46.8 Å². The number of carboxylic acid groups (broad SMARTS) is 1. The number of nitrogens with zero attached hydrogens (tertiary/aromatic N) is 8. The lowest BCUT2D eigenvalue weighted by Gasteiger charge is -2.14. The molecular formula is C39H41N11O8. The zero-order valence-corrected chi connectivity index (χ0v) is 32.2. The maximum atomic E-state index is 13.7. The number of hydrogen-bond acceptors (Lipinski definition) is 11. The average Bonchev–Trinajstić information content (AvgIpc) is 3.96. The molecule has 3 amide bonds. The third-order valence-corrected chi connectivity index (χ3v) is 9.30. The number of aliphatic carboxylic acids is 1. The Balaban J connectivity index is 1.31. The summed E-state index contributed by atoms with van der Waals surface area (Å²) in [5.41, 5.74) is 4.19. The third-order valence-electron chi connectivity index (χ3n) is 9.30. The van der Waals surface area contributed by atoms with E-state index in [0.29, 0.717) is 82.0 Å². The number of rotatable bonds is 10. The fourth-order valence-corrected chi connectivity index (χ4v) is 6.76. The number of amides is 3. The van der Waals surface area contributed by atoms with Gasteiger partial charge in [-0.3, -0.25) is 44.0 Å². The minimum Gasteiger partial charge on any atom is -0.491 e. The number of imidazole rings is 2. The van der Waals surface area contributed by atoms with Crippen LogP contribution in [0.3, 0.4) is 0 Å². The van der Waals surface area contributed by atoms with Crippen LogP contribution in [-0.2, 0) is 31.0 Å². The smallest absolute Gasteiger partial charge is 0.322 e. The number of nitrogens with one attached hydrogen (secondary N) is 3. The van der Waals surface area contributed by atoms with Crippen molar-refractivity contribution < 1.29 is 38.6 Å². The minimum absolute atomic E-state index is 0.0994. The average molecular weight is 792 g/mol. The van der Waals surface area contributed by atoms with Gasteiger partial charge in [0.15, 0.2) is 0 Å². The van der Waals surface area contributed by atoms with Crippen molar-refractivity contribution in [1.29, 1.82) is 0 Å². The van der Waals surface area contributed by atoms with Crippen LogP contribution in [0.15, 0.2) is 48.6 Å². The molecule has 4 N–H and O–H groups in total. The number of aromatic nitrogens is 8. The molecule has 4 aromatic heterocycles. The summed E-state index contributed by atoms with van der Waals surface area (Å²) in [6, 6.07) is 9.58. The summed E-state index contributed by atoms with van der Waals surface area (Å²) in [6.45, 7) is 8.28. The van der Waals surface area contributed by atoms with Crippen molar-refractivity contribution in [3.05, 3.63) is 82.5 Å². The van der Waals surface area contributed by atoms with E-state index in [2.05, 4.69) is 26.1 Å². The molecule has 6 aromatic rings. The summed E-state index contributed by atoms with van der Waals surface area (Å²) in [4.78, 5) is 73.1. The molecule has 7 rings (SSSR count). The van der Waals surface area contributed by atoms with Gasteiger partial charge in [0.25, 0.3) is 17.7 Å². The molecule has 0 saturated heterocycles. The van der Waals surface area contributed by atoms with E-state index in [-0.39, 0.29) is 49.5 Å². The van der Waals surface area contributed by atoms with Crippen LogP contribution in [0.2, 0.25) is 0 Å². The minimum atomic E-state index is -1.21. The molecule has 1 aliphatic rings. The number of ether oxygens (including phenoxy) is 2. The van der Waals surface area contributed by atoms with E-state index in [9.17, 15) is 24.0 Å². The first-order chi connectivity index (χ1) is 28.0. The van der Waals surface area contributed by atoms with Crippen LogP contribution in [0, 0.1) is 13.8 Å². The number of benzene rings is 2. The van der Waals surface area contributed by atoms with Crippen molar-refractivity contribution in [3.63, 3.8) is 0 Å². The lowest BCUT2D eigenvalue weighted by atomic mass is 10.1. The highest BCUT2D eigenvalue weighted by atomic mass is 16.5. The Morgan fingerprint density at radius 1 is 0.741 bits per heavy atom. The van der Waals surface area contributed by atoms with Crippen LogP contribution in [0.4, 0.5) is 11.9 Å². The second-order valence-electron chi connectivity index (χ2n) is 13.4. The van der Waals surface area contributed by atoms with E-state index in [0.717, 1.165) is 0 Å². The molecule has 0 atom stereocenters. The normalized spacial score (nSPS) is 13.5. The Labute approximate surface area is 330 Å². The van der Waals surface area contributed by atoms with E-state index < -0.39 is 30.2 Å². The number of anilines is 2. The highest BCUT2D eigenvalue weighted by molar-refractivity contribution is 6.05. The van der Waals surface area contributed by atoms with Gasteiger partial charge in [0, 0.05) is 43.7 Å². The van der Waals surface area contributed by atoms with Crippen molar-refractivity contribution in [2.75, 3.05) is 30.4 Å². The molecule has 0 spiro atoms. The second kappa shape index (κ2) is 16.4. The second-order valence-corrected chi connectivity index (χ2v) is 13.4. The number of hydrogen-bond donors (Lipinski definition) is 4. The summed E-state index contributed by atoms with van der Waals surface area (Å²) in [5, 5.41) is 26.2. The van der Waals surface area contributed by atoms with Gasteiger partial charge in [-0.1, -0.05) is 12.2 Å². The summed E-state index contributed by atoms with van der Waals surface area (Å²) in [7, 11) is 0. The predicted octanol–water partition coefficient (Wildman–Crippen LogP) is 3.98. The Bertz CT molecular complexity index is 2630. The number of carbonyl (C=O) groups excluding carboxylic acids is 4. The first-order valence-corrected chi connectivity index (χ1v) is 18.6. The summed E-state index contributed by atoms with van der Waals surface area (Å²) in [6.07, 6.45) is 4.72. The van der Waals surface area contributed by atoms with E-state index in [1.165, 1.54) is 12.1 Å². The fraction of sp³-hybridized carbons (Fsp3) is 0.308. The van der Waals surface area contributed by atoms with Crippen LogP contribution in [0.5, 0.6) is 11.5 Å². The quantitative estimate of drug-likeness (QED) is 0.114. The van der Waals surface area contributed by atoms with Crippen molar-refractivity contribution in [2.24, 2.45) is 0 Å². The Hall–Kier alpha value is -7.31. The Kier molecular flexibility index (Phi) is 11.0. The van der Waals surface area contributed by atoms with Crippen LogP contribution < -0.4 is 25.4 Å². The lowest BCUT2D eigenvalue weighted by molar-refractivity contribution is -0.135. The number of carboxylic acids is 1. The Morgan fingerprint density at radius 3 is 1.76 bits per heavy atom. The van der Waals surface area contributed by atoms with Crippen LogP contribution >= 0.6 is 0 Å². The third kappa shape index (κ3) is 7.86. The van der Waals surface area contributed by atoms with Gasteiger partial charge < -0.3 is 29.0 Å². The first-order valence-electron chi connectivity index (χ1n) is 18.6. The first kappa shape index (κ1) is 38.9. The molecule has 5 heterocycles. The van der Waals surface area contributed by atoms with Gasteiger partial charge in [-0.2, -0.15) is 10.2 Å². The van der Waals surface area contributed by atoms with E-state index in [1.807, 2.05) is 26.0 Å². The predicted molar refractivity (Wildman–Crippen MR) is 211 cm³/mol. The largest absolute Gasteiger partial charge is 0.491 e. The maximum Gasteiger partial charge on any atom is 0.322 e.